The van der Waals surface area contributed by atoms with Crippen LogP contribution in [0.1, 0.15) is 38.5 Å². The van der Waals surface area contributed by atoms with Crippen molar-refractivity contribution in [3.05, 3.63) is 0 Å². The third kappa shape index (κ3) is 3.10. The van der Waals surface area contributed by atoms with Crippen LogP contribution in [0.4, 0.5) is 0 Å². The molecule has 0 spiro atoms. The van der Waals surface area contributed by atoms with E-state index in [1.54, 1.807) is 7.11 Å². The molecular weight excluding hydrogens is 218 g/mol. The second-order valence-corrected chi connectivity index (χ2v) is 5.46. The second-order valence-electron chi connectivity index (χ2n) is 5.46. The van der Waals surface area contributed by atoms with Crippen LogP contribution in [0.2, 0.25) is 0 Å². The lowest BCUT2D eigenvalue weighted by atomic mass is 10.0. The zero-order valence-corrected chi connectivity index (χ0v) is 10.5. The molecule has 0 aromatic heterocycles. The van der Waals surface area contributed by atoms with Gasteiger partial charge in [0.1, 0.15) is 5.84 Å². The zero-order chi connectivity index (χ0) is 12.3. The molecule has 98 valence electrons. The van der Waals surface area contributed by atoms with Crippen molar-refractivity contribution in [1.82, 2.24) is 5.32 Å². The maximum Gasteiger partial charge on any atom is 0.139 e. The molecule has 0 aromatic rings. The Kier molecular flexibility index (Phi) is 3.89. The van der Waals surface area contributed by atoms with E-state index in [9.17, 15) is 0 Å². The number of methoxy groups -OCH3 is 1. The van der Waals surface area contributed by atoms with Crippen molar-refractivity contribution in [3.8, 4) is 0 Å². The van der Waals surface area contributed by atoms with Crippen molar-refractivity contribution in [2.75, 3.05) is 13.7 Å². The predicted molar refractivity (Wildman–Crippen MR) is 66.1 cm³/mol. The third-order valence-corrected chi connectivity index (χ3v) is 4.14. The van der Waals surface area contributed by atoms with Gasteiger partial charge in [-0.25, -0.2) is 0 Å². The van der Waals surface area contributed by atoms with E-state index in [0.717, 1.165) is 13.0 Å². The summed E-state index contributed by atoms with van der Waals surface area (Å²) in [4.78, 5) is 0. The molecule has 2 atom stereocenters. The topological polar surface area (TPSA) is 79.9 Å². The minimum Gasteiger partial charge on any atom is -0.409 e. The molecule has 0 saturated heterocycles. The summed E-state index contributed by atoms with van der Waals surface area (Å²) in [7, 11) is 1.79. The summed E-state index contributed by atoms with van der Waals surface area (Å²) in [5, 5.41) is 15.3. The molecule has 0 amide bonds. The van der Waals surface area contributed by atoms with Gasteiger partial charge in [0.25, 0.3) is 0 Å². The van der Waals surface area contributed by atoms with Gasteiger partial charge in [0.2, 0.25) is 0 Å². The number of ether oxygens (including phenoxy) is 1. The van der Waals surface area contributed by atoms with E-state index in [4.69, 9.17) is 15.7 Å². The number of oxime groups is 1. The first-order chi connectivity index (χ1) is 8.19. The fraction of sp³-hybridized carbons (Fsp3) is 0.917. The number of nitrogens with one attached hydrogen (secondary N) is 1. The van der Waals surface area contributed by atoms with Crippen LogP contribution < -0.4 is 11.1 Å². The molecule has 5 nitrogen and oxygen atoms in total. The van der Waals surface area contributed by atoms with Crippen molar-refractivity contribution >= 4 is 5.84 Å². The van der Waals surface area contributed by atoms with E-state index >= 15 is 0 Å². The van der Waals surface area contributed by atoms with Gasteiger partial charge in [-0.2, -0.15) is 0 Å². The Balaban J connectivity index is 1.78. The normalized spacial score (nSPS) is 31.7. The molecule has 17 heavy (non-hydrogen) atoms. The van der Waals surface area contributed by atoms with Crippen LogP contribution in [0, 0.1) is 5.41 Å². The van der Waals surface area contributed by atoms with Crippen molar-refractivity contribution in [1.29, 1.82) is 0 Å². The monoisotopic (exact) mass is 241 g/mol. The Morgan fingerprint density at radius 2 is 2.29 bits per heavy atom. The summed E-state index contributed by atoms with van der Waals surface area (Å²) < 4.78 is 5.46. The maximum atomic E-state index is 8.61. The van der Waals surface area contributed by atoms with E-state index < -0.39 is 0 Å². The van der Waals surface area contributed by atoms with Crippen LogP contribution in [0.5, 0.6) is 0 Å². The SMILES string of the molecule is COC1CCCC1NCC1(CC(N)=NO)CC1. The highest BCUT2D eigenvalue weighted by Crippen LogP contribution is 2.48. The minimum atomic E-state index is 0.233. The summed E-state index contributed by atoms with van der Waals surface area (Å²) in [6.07, 6.45) is 6.97. The number of nitrogens with two attached hydrogens (primary N) is 1. The zero-order valence-electron chi connectivity index (χ0n) is 10.5. The van der Waals surface area contributed by atoms with Gasteiger partial charge in [0.05, 0.1) is 6.10 Å². The van der Waals surface area contributed by atoms with Crippen LogP contribution >= 0.6 is 0 Å². The Hall–Kier alpha value is -0.810. The molecule has 2 aliphatic carbocycles. The highest BCUT2D eigenvalue weighted by Gasteiger charge is 2.44. The number of hydrogen-bond donors (Lipinski definition) is 3. The molecule has 0 radical (unpaired) electrons. The second kappa shape index (κ2) is 5.23. The van der Waals surface area contributed by atoms with Crippen LogP contribution in [0.25, 0.3) is 0 Å². The molecular formula is C12H23N3O2. The summed E-state index contributed by atoms with van der Waals surface area (Å²) in [5.41, 5.74) is 5.82. The van der Waals surface area contributed by atoms with Crippen molar-refractivity contribution in [3.63, 3.8) is 0 Å². The van der Waals surface area contributed by atoms with Gasteiger partial charge in [0, 0.05) is 26.1 Å². The minimum absolute atomic E-state index is 0.233. The molecule has 2 unspecified atom stereocenters. The number of nitrogens with zero attached hydrogens (tertiary/aromatic N) is 1. The molecule has 4 N–H and O–H groups in total. The first-order valence-corrected chi connectivity index (χ1v) is 6.42. The van der Waals surface area contributed by atoms with Crippen molar-refractivity contribution < 1.29 is 9.94 Å². The van der Waals surface area contributed by atoms with E-state index in [0.29, 0.717) is 24.4 Å². The van der Waals surface area contributed by atoms with E-state index in [-0.39, 0.29) is 5.41 Å². The third-order valence-electron chi connectivity index (χ3n) is 4.14. The molecule has 0 bridgehead atoms. The molecule has 5 heteroatoms. The number of hydrogen-bond acceptors (Lipinski definition) is 4. The molecule has 0 aromatic carbocycles. The van der Waals surface area contributed by atoms with Crippen LogP contribution in [0.3, 0.4) is 0 Å². The Bertz CT molecular complexity index is 289. The molecule has 2 saturated carbocycles. The van der Waals surface area contributed by atoms with Gasteiger partial charge < -0.3 is 21.0 Å². The van der Waals surface area contributed by atoms with Gasteiger partial charge in [-0.05, 0) is 37.5 Å². The van der Waals surface area contributed by atoms with Crippen LogP contribution in [-0.4, -0.2) is 36.8 Å². The molecule has 2 aliphatic rings. The Morgan fingerprint density at radius 1 is 1.53 bits per heavy atom. The fourth-order valence-electron chi connectivity index (χ4n) is 2.80. The maximum absolute atomic E-state index is 8.61. The lowest BCUT2D eigenvalue weighted by Gasteiger charge is -2.23. The van der Waals surface area contributed by atoms with Gasteiger partial charge in [-0.15, -0.1) is 0 Å². The highest BCUT2D eigenvalue weighted by atomic mass is 16.5. The number of rotatable bonds is 6. The lowest BCUT2D eigenvalue weighted by molar-refractivity contribution is 0.0835. The highest BCUT2D eigenvalue weighted by molar-refractivity contribution is 5.80. The standard InChI is InChI=1S/C12H23N3O2/c1-17-10-4-2-3-9(10)14-8-12(5-6-12)7-11(13)15-16/h9-10,14,16H,2-8H2,1H3,(H2,13,15). The lowest BCUT2D eigenvalue weighted by Crippen LogP contribution is -2.40. The van der Waals surface area contributed by atoms with Gasteiger partial charge >= 0.3 is 0 Å². The quantitative estimate of drug-likeness (QED) is 0.281. The van der Waals surface area contributed by atoms with Crippen LogP contribution in [0.15, 0.2) is 5.16 Å². The summed E-state index contributed by atoms with van der Waals surface area (Å²) in [6, 6.07) is 0.477. The predicted octanol–water partition coefficient (Wildman–Crippen LogP) is 1.06. The Morgan fingerprint density at radius 3 is 2.88 bits per heavy atom. The van der Waals surface area contributed by atoms with Gasteiger partial charge in [-0.1, -0.05) is 5.16 Å². The molecule has 0 aliphatic heterocycles. The smallest absolute Gasteiger partial charge is 0.139 e. The first-order valence-electron chi connectivity index (χ1n) is 6.42. The Labute approximate surface area is 102 Å². The van der Waals surface area contributed by atoms with E-state index in [2.05, 4.69) is 10.5 Å². The number of amidine groups is 1. The summed E-state index contributed by atoms with van der Waals surface area (Å²) >= 11 is 0. The summed E-state index contributed by atoms with van der Waals surface area (Å²) in [5.74, 6) is 0.346. The molecule has 2 rings (SSSR count). The van der Waals surface area contributed by atoms with Crippen molar-refractivity contribution in [2.45, 2.75) is 50.7 Å². The van der Waals surface area contributed by atoms with Crippen LogP contribution in [-0.2, 0) is 4.74 Å². The average molecular weight is 241 g/mol. The van der Waals surface area contributed by atoms with Crippen molar-refractivity contribution in [2.24, 2.45) is 16.3 Å². The van der Waals surface area contributed by atoms with E-state index in [1.807, 2.05) is 0 Å². The first kappa shape index (κ1) is 12.6. The van der Waals surface area contributed by atoms with Gasteiger partial charge in [-0.3, -0.25) is 0 Å². The fourth-order valence-corrected chi connectivity index (χ4v) is 2.80. The van der Waals surface area contributed by atoms with Gasteiger partial charge in [0.15, 0.2) is 0 Å². The largest absolute Gasteiger partial charge is 0.409 e. The summed E-state index contributed by atoms with van der Waals surface area (Å²) in [6.45, 7) is 0.952. The van der Waals surface area contributed by atoms with E-state index in [1.165, 1.54) is 25.7 Å². The molecule has 2 fully saturated rings. The molecule has 0 heterocycles. The average Bonchev–Trinajstić information content (AvgIpc) is 2.94.